The maximum absolute atomic E-state index is 11.9. The van der Waals surface area contributed by atoms with Gasteiger partial charge in [0.15, 0.2) is 0 Å². The van der Waals surface area contributed by atoms with Crippen molar-refractivity contribution in [2.75, 3.05) is 19.6 Å². The van der Waals surface area contributed by atoms with Gasteiger partial charge < -0.3 is 10.6 Å². The maximum atomic E-state index is 11.9. The van der Waals surface area contributed by atoms with Crippen LogP contribution in [0.25, 0.3) is 11.4 Å². The molecule has 1 aliphatic rings. The number of thiazole rings is 1. The molecule has 3 heterocycles. The maximum Gasteiger partial charge on any atom is 0.220 e. The fourth-order valence-corrected chi connectivity index (χ4v) is 3.54. The van der Waals surface area contributed by atoms with Crippen molar-refractivity contribution < 1.29 is 4.79 Å². The highest BCUT2D eigenvalue weighted by molar-refractivity contribution is 7.09. The molecule has 0 bridgehead atoms. The summed E-state index contributed by atoms with van der Waals surface area (Å²) in [6.45, 7) is 2.80. The van der Waals surface area contributed by atoms with E-state index in [9.17, 15) is 4.79 Å². The Morgan fingerprint density at radius 3 is 3.13 bits per heavy atom. The van der Waals surface area contributed by atoms with Crippen molar-refractivity contribution in [1.82, 2.24) is 20.6 Å². The topological polar surface area (TPSA) is 66.9 Å². The first-order valence-corrected chi connectivity index (χ1v) is 9.02. The van der Waals surface area contributed by atoms with Gasteiger partial charge in [0.25, 0.3) is 0 Å². The molecule has 0 aromatic carbocycles. The molecule has 1 fully saturated rings. The van der Waals surface area contributed by atoms with Crippen LogP contribution in [0, 0.1) is 5.92 Å². The Hall–Kier alpha value is -1.79. The van der Waals surface area contributed by atoms with Gasteiger partial charge in [0.2, 0.25) is 5.91 Å². The molecule has 0 radical (unpaired) electrons. The van der Waals surface area contributed by atoms with Gasteiger partial charge in [0, 0.05) is 31.0 Å². The van der Waals surface area contributed by atoms with Crippen LogP contribution in [0.15, 0.2) is 29.8 Å². The predicted octanol–water partition coefficient (Wildman–Crippen LogP) is 2.25. The molecule has 122 valence electrons. The molecule has 0 spiro atoms. The summed E-state index contributed by atoms with van der Waals surface area (Å²) in [4.78, 5) is 20.7. The van der Waals surface area contributed by atoms with Gasteiger partial charge in [0.1, 0.15) is 0 Å². The normalized spacial score (nSPS) is 17.3. The molecule has 6 heteroatoms. The van der Waals surface area contributed by atoms with Crippen LogP contribution in [0.1, 0.15) is 24.3 Å². The molecule has 3 rings (SSSR count). The molecule has 1 unspecified atom stereocenters. The van der Waals surface area contributed by atoms with Crippen molar-refractivity contribution in [3.8, 4) is 11.4 Å². The number of carbonyl (C=O) groups excluding carboxylic acids is 1. The number of aromatic nitrogens is 2. The molecule has 23 heavy (non-hydrogen) atoms. The molecule has 0 saturated carbocycles. The summed E-state index contributed by atoms with van der Waals surface area (Å²) in [5, 5.41) is 9.38. The number of rotatable bonds is 7. The van der Waals surface area contributed by atoms with Gasteiger partial charge in [-0.25, -0.2) is 4.98 Å². The Bertz CT molecular complexity index is 623. The number of hydrogen-bond acceptors (Lipinski definition) is 5. The molecule has 1 amide bonds. The van der Waals surface area contributed by atoms with E-state index in [-0.39, 0.29) is 5.91 Å². The quantitative estimate of drug-likeness (QED) is 0.817. The summed E-state index contributed by atoms with van der Waals surface area (Å²) in [6, 6.07) is 5.81. The lowest BCUT2D eigenvalue weighted by atomic mass is 10.0. The Morgan fingerprint density at radius 2 is 2.35 bits per heavy atom. The monoisotopic (exact) mass is 330 g/mol. The molecule has 2 N–H and O–H groups in total. The van der Waals surface area contributed by atoms with Crippen molar-refractivity contribution in [3.63, 3.8) is 0 Å². The summed E-state index contributed by atoms with van der Waals surface area (Å²) in [5.74, 6) is 0.819. The van der Waals surface area contributed by atoms with Crippen LogP contribution in [0.5, 0.6) is 0 Å². The first kappa shape index (κ1) is 16.1. The fourth-order valence-electron chi connectivity index (χ4n) is 2.75. The average Bonchev–Trinajstić information content (AvgIpc) is 3.26. The zero-order valence-electron chi connectivity index (χ0n) is 13.1. The van der Waals surface area contributed by atoms with Crippen molar-refractivity contribution >= 4 is 17.2 Å². The van der Waals surface area contributed by atoms with E-state index >= 15 is 0 Å². The van der Waals surface area contributed by atoms with Crippen molar-refractivity contribution in [2.45, 2.75) is 25.7 Å². The van der Waals surface area contributed by atoms with Crippen LogP contribution < -0.4 is 10.6 Å². The second kappa shape index (κ2) is 8.17. The summed E-state index contributed by atoms with van der Waals surface area (Å²) in [6.07, 6.45) is 5.36. The minimum Gasteiger partial charge on any atom is -0.356 e. The second-order valence-electron chi connectivity index (χ2n) is 5.84. The largest absolute Gasteiger partial charge is 0.356 e. The van der Waals surface area contributed by atoms with Crippen LogP contribution in [0.3, 0.4) is 0 Å². The van der Waals surface area contributed by atoms with Crippen molar-refractivity contribution in [2.24, 2.45) is 5.92 Å². The number of hydrogen-bond donors (Lipinski definition) is 2. The summed E-state index contributed by atoms with van der Waals surface area (Å²) >= 11 is 1.62. The van der Waals surface area contributed by atoms with Gasteiger partial charge >= 0.3 is 0 Å². The Morgan fingerprint density at radius 1 is 1.39 bits per heavy atom. The van der Waals surface area contributed by atoms with E-state index in [2.05, 4.69) is 20.6 Å². The van der Waals surface area contributed by atoms with E-state index in [1.165, 1.54) is 6.42 Å². The Labute approximate surface area is 140 Å². The zero-order valence-corrected chi connectivity index (χ0v) is 13.9. The molecular formula is C17H22N4OS. The number of amides is 1. The van der Waals surface area contributed by atoms with E-state index in [1.54, 1.807) is 17.5 Å². The van der Waals surface area contributed by atoms with Gasteiger partial charge in [-0.15, -0.1) is 11.3 Å². The number of nitrogens with one attached hydrogen (secondary N) is 2. The third kappa shape index (κ3) is 4.84. The molecule has 5 nitrogen and oxygen atoms in total. The van der Waals surface area contributed by atoms with Gasteiger partial charge in [-0.05, 0) is 44.0 Å². The third-order valence-electron chi connectivity index (χ3n) is 4.08. The van der Waals surface area contributed by atoms with Gasteiger partial charge in [-0.2, -0.15) is 0 Å². The van der Waals surface area contributed by atoms with Crippen molar-refractivity contribution in [3.05, 3.63) is 34.8 Å². The molecule has 0 aliphatic carbocycles. The predicted molar refractivity (Wildman–Crippen MR) is 92.3 cm³/mol. The lowest BCUT2D eigenvalue weighted by molar-refractivity contribution is -0.121. The van der Waals surface area contributed by atoms with Crippen LogP contribution >= 0.6 is 11.3 Å². The minimum atomic E-state index is 0.151. The highest BCUT2D eigenvalue weighted by atomic mass is 32.1. The molecular weight excluding hydrogens is 308 g/mol. The molecule has 1 aliphatic heterocycles. The molecule has 2 aromatic rings. The first-order chi connectivity index (χ1) is 11.3. The van der Waals surface area contributed by atoms with Crippen LogP contribution in [-0.2, 0) is 11.2 Å². The summed E-state index contributed by atoms with van der Waals surface area (Å²) in [5.41, 5.74) is 1.80. The SMILES string of the molecule is O=C(CCC1CCNC1)NCCc1nc(-c2ccccn2)cs1. The highest BCUT2D eigenvalue weighted by Gasteiger charge is 2.15. The smallest absolute Gasteiger partial charge is 0.220 e. The van der Waals surface area contributed by atoms with Crippen LogP contribution in [0.4, 0.5) is 0 Å². The van der Waals surface area contributed by atoms with Crippen LogP contribution in [0.2, 0.25) is 0 Å². The number of nitrogens with zero attached hydrogens (tertiary/aromatic N) is 2. The zero-order chi connectivity index (χ0) is 15.9. The van der Waals surface area contributed by atoms with Crippen LogP contribution in [-0.4, -0.2) is 35.5 Å². The first-order valence-electron chi connectivity index (χ1n) is 8.14. The Kier molecular flexibility index (Phi) is 5.71. The average molecular weight is 330 g/mol. The fraction of sp³-hybridized carbons (Fsp3) is 0.471. The lowest BCUT2D eigenvalue weighted by Crippen LogP contribution is -2.26. The van der Waals surface area contributed by atoms with Gasteiger partial charge in [-0.3, -0.25) is 9.78 Å². The van der Waals surface area contributed by atoms with E-state index < -0.39 is 0 Å². The summed E-state index contributed by atoms with van der Waals surface area (Å²) < 4.78 is 0. The minimum absolute atomic E-state index is 0.151. The molecule has 1 atom stereocenters. The molecule has 1 saturated heterocycles. The third-order valence-corrected chi connectivity index (χ3v) is 4.99. The highest BCUT2D eigenvalue weighted by Crippen LogP contribution is 2.19. The standard InChI is InChI=1S/C17H22N4OS/c22-16(5-4-13-6-9-18-11-13)20-10-7-17-21-15(12-23-17)14-3-1-2-8-19-14/h1-3,8,12-13,18H,4-7,9-11H2,(H,20,22). The van der Waals surface area contributed by atoms with E-state index in [0.29, 0.717) is 18.9 Å². The summed E-state index contributed by atoms with van der Waals surface area (Å²) in [7, 11) is 0. The van der Waals surface area contributed by atoms with E-state index in [4.69, 9.17) is 0 Å². The van der Waals surface area contributed by atoms with E-state index in [1.807, 2.05) is 23.6 Å². The number of pyridine rings is 1. The van der Waals surface area contributed by atoms with Crippen molar-refractivity contribution in [1.29, 1.82) is 0 Å². The van der Waals surface area contributed by atoms with E-state index in [0.717, 1.165) is 42.3 Å². The van der Waals surface area contributed by atoms with Gasteiger partial charge in [-0.1, -0.05) is 6.07 Å². The second-order valence-corrected chi connectivity index (χ2v) is 6.78. The lowest BCUT2D eigenvalue weighted by Gasteiger charge is -2.08. The number of carbonyl (C=O) groups is 1. The van der Waals surface area contributed by atoms with Gasteiger partial charge in [0.05, 0.1) is 16.4 Å². The molecule has 2 aromatic heterocycles. The Balaban J connectivity index is 1.39.